The van der Waals surface area contributed by atoms with Crippen molar-refractivity contribution in [3.63, 3.8) is 0 Å². The van der Waals surface area contributed by atoms with Gasteiger partial charge in [-0.15, -0.1) is 0 Å². The van der Waals surface area contributed by atoms with Crippen molar-refractivity contribution in [2.75, 3.05) is 0 Å². The summed E-state index contributed by atoms with van der Waals surface area (Å²) in [5.41, 5.74) is 2.97. The number of rotatable bonds is 5. The predicted molar refractivity (Wildman–Crippen MR) is 87.9 cm³/mol. The zero-order valence-corrected chi connectivity index (χ0v) is 13.3. The average Bonchev–Trinajstić information content (AvgIpc) is 2.56. The van der Waals surface area contributed by atoms with Gasteiger partial charge in [-0.05, 0) is 27.6 Å². The fourth-order valence-electron chi connectivity index (χ4n) is 1.77. The van der Waals surface area contributed by atoms with Gasteiger partial charge in [0.2, 0.25) is 0 Å². The number of aliphatic hydroxyl groups excluding tert-OH is 1. The molecular formula is C15H12BrN3O4. The largest absolute Gasteiger partial charge is 0.378 e. The van der Waals surface area contributed by atoms with E-state index in [2.05, 4.69) is 26.5 Å². The van der Waals surface area contributed by atoms with Crippen molar-refractivity contribution >= 4 is 33.7 Å². The Balaban J connectivity index is 2.03. The number of nitro benzene ring substituents is 1. The number of nitro groups is 1. The van der Waals surface area contributed by atoms with E-state index in [9.17, 15) is 20.0 Å². The minimum absolute atomic E-state index is 0.107. The zero-order chi connectivity index (χ0) is 16.8. The molecule has 0 unspecified atom stereocenters. The highest BCUT2D eigenvalue weighted by Crippen LogP contribution is 2.24. The van der Waals surface area contributed by atoms with Crippen molar-refractivity contribution in [1.29, 1.82) is 0 Å². The first-order chi connectivity index (χ1) is 11.0. The lowest BCUT2D eigenvalue weighted by atomic mass is 10.1. The van der Waals surface area contributed by atoms with Gasteiger partial charge in [0.25, 0.3) is 11.6 Å². The second-order valence-electron chi connectivity index (χ2n) is 4.52. The van der Waals surface area contributed by atoms with Gasteiger partial charge in [0.15, 0.2) is 6.10 Å². The molecule has 0 spiro atoms. The van der Waals surface area contributed by atoms with E-state index in [0.29, 0.717) is 15.6 Å². The quantitative estimate of drug-likeness (QED) is 0.474. The molecule has 0 fully saturated rings. The number of hydrogen-bond donors (Lipinski definition) is 2. The van der Waals surface area contributed by atoms with Gasteiger partial charge in [-0.2, -0.15) is 5.10 Å². The van der Waals surface area contributed by atoms with Gasteiger partial charge in [-0.3, -0.25) is 14.9 Å². The topological polar surface area (TPSA) is 105 Å². The Bertz CT molecular complexity index is 750. The van der Waals surface area contributed by atoms with Crippen molar-refractivity contribution < 1.29 is 14.8 Å². The number of halogens is 1. The molecule has 0 radical (unpaired) electrons. The van der Waals surface area contributed by atoms with E-state index in [1.807, 2.05) is 0 Å². The molecule has 23 heavy (non-hydrogen) atoms. The number of amides is 1. The maximum atomic E-state index is 11.8. The van der Waals surface area contributed by atoms with Crippen molar-refractivity contribution in [3.8, 4) is 0 Å². The number of aliphatic hydroxyl groups is 1. The summed E-state index contributed by atoms with van der Waals surface area (Å²) in [6.07, 6.45) is -0.0812. The number of benzene rings is 2. The summed E-state index contributed by atoms with van der Waals surface area (Å²) >= 11 is 3.08. The van der Waals surface area contributed by atoms with Gasteiger partial charge in [0.05, 0.1) is 15.6 Å². The first kappa shape index (κ1) is 16.8. The van der Waals surface area contributed by atoms with Gasteiger partial charge in [0, 0.05) is 11.6 Å². The Morgan fingerprint density at radius 3 is 2.65 bits per heavy atom. The van der Waals surface area contributed by atoms with E-state index in [4.69, 9.17) is 0 Å². The first-order valence-electron chi connectivity index (χ1n) is 6.49. The molecule has 1 atom stereocenters. The van der Waals surface area contributed by atoms with Crippen molar-refractivity contribution in [1.82, 2.24) is 5.43 Å². The SMILES string of the molecule is O=C(N/N=C\c1ccc(Br)c([N+](=O)[O-])c1)[C@H](O)c1ccccc1. The van der Waals surface area contributed by atoms with Gasteiger partial charge in [-0.1, -0.05) is 36.4 Å². The molecule has 7 nitrogen and oxygen atoms in total. The highest BCUT2D eigenvalue weighted by molar-refractivity contribution is 9.10. The molecule has 0 aliphatic carbocycles. The number of nitrogens with one attached hydrogen (secondary N) is 1. The molecule has 2 N–H and O–H groups in total. The third kappa shape index (κ3) is 4.44. The molecule has 0 aromatic heterocycles. The van der Waals surface area contributed by atoms with E-state index >= 15 is 0 Å². The zero-order valence-electron chi connectivity index (χ0n) is 11.7. The summed E-state index contributed by atoms with van der Waals surface area (Å²) < 4.78 is 0.350. The molecule has 8 heteroatoms. The Morgan fingerprint density at radius 1 is 1.30 bits per heavy atom. The molecule has 2 rings (SSSR count). The van der Waals surface area contributed by atoms with E-state index in [-0.39, 0.29) is 5.69 Å². The number of hydrazone groups is 1. The van der Waals surface area contributed by atoms with Crippen LogP contribution in [0.1, 0.15) is 17.2 Å². The van der Waals surface area contributed by atoms with Crippen LogP contribution in [0.4, 0.5) is 5.69 Å². The van der Waals surface area contributed by atoms with Crippen LogP contribution >= 0.6 is 15.9 Å². The second kappa shape index (κ2) is 7.61. The molecular weight excluding hydrogens is 366 g/mol. The number of carbonyl (C=O) groups excluding carboxylic acids is 1. The van der Waals surface area contributed by atoms with Gasteiger partial charge < -0.3 is 5.11 Å². The Labute approximate surface area is 139 Å². The van der Waals surface area contributed by atoms with Crippen molar-refractivity contribution in [2.24, 2.45) is 5.10 Å². The predicted octanol–water partition coefficient (Wildman–Crippen LogP) is 2.54. The van der Waals surface area contributed by atoms with Crippen LogP contribution in [0.2, 0.25) is 0 Å². The minimum atomic E-state index is -1.34. The number of nitrogens with zero attached hydrogens (tertiary/aromatic N) is 2. The second-order valence-corrected chi connectivity index (χ2v) is 5.37. The first-order valence-corrected chi connectivity index (χ1v) is 7.28. The lowest BCUT2D eigenvalue weighted by Crippen LogP contribution is -2.25. The molecule has 0 saturated heterocycles. The molecule has 0 heterocycles. The minimum Gasteiger partial charge on any atom is -0.378 e. The summed E-state index contributed by atoms with van der Waals surface area (Å²) in [7, 11) is 0. The summed E-state index contributed by atoms with van der Waals surface area (Å²) in [6, 6.07) is 12.8. The average molecular weight is 378 g/mol. The number of hydrogen-bond acceptors (Lipinski definition) is 5. The molecule has 0 aliphatic heterocycles. The van der Waals surface area contributed by atoms with Crippen LogP contribution in [0.5, 0.6) is 0 Å². The number of carbonyl (C=O) groups is 1. The highest BCUT2D eigenvalue weighted by Gasteiger charge is 2.16. The maximum absolute atomic E-state index is 11.8. The van der Waals surface area contributed by atoms with Crippen molar-refractivity contribution in [2.45, 2.75) is 6.10 Å². The lowest BCUT2D eigenvalue weighted by molar-refractivity contribution is -0.385. The van der Waals surface area contributed by atoms with E-state index < -0.39 is 16.9 Å². The molecule has 0 saturated carbocycles. The van der Waals surface area contributed by atoms with Crippen molar-refractivity contribution in [3.05, 3.63) is 74.2 Å². The normalized spacial score (nSPS) is 12.1. The summed E-state index contributed by atoms with van der Waals surface area (Å²) in [5, 5.41) is 24.4. The third-order valence-corrected chi connectivity index (χ3v) is 3.59. The standard InChI is InChI=1S/C15H12BrN3O4/c16-12-7-6-10(8-13(12)19(22)23)9-17-18-15(21)14(20)11-4-2-1-3-5-11/h1-9,14,20H,(H,18,21)/b17-9-/t14-/m1/s1. The van der Waals surface area contributed by atoms with Crippen LogP contribution in [-0.2, 0) is 4.79 Å². The lowest BCUT2D eigenvalue weighted by Gasteiger charge is -2.08. The summed E-state index contributed by atoms with van der Waals surface area (Å²) in [4.78, 5) is 22.1. The van der Waals surface area contributed by atoms with Crippen LogP contribution in [0.3, 0.4) is 0 Å². The Morgan fingerprint density at radius 2 is 2.00 bits per heavy atom. The summed E-state index contributed by atoms with van der Waals surface area (Å²) in [6.45, 7) is 0. The molecule has 2 aromatic rings. The van der Waals surface area contributed by atoms with Crippen LogP contribution in [0, 0.1) is 10.1 Å². The van der Waals surface area contributed by atoms with Crippen LogP contribution < -0.4 is 5.43 Å². The van der Waals surface area contributed by atoms with Gasteiger partial charge in [-0.25, -0.2) is 5.43 Å². The van der Waals surface area contributed by atoms with E-state index in [1.54, 1.807) is 36.4 Å². The molecule has 0 bridgehead atoms. The molecule has 1 amide bonds. The van der Waals surface area contributed by atoms with Crippen LogP contribution in [-0.4, -0.2) is 22.2 Å². The smallest absolute Gasteiger partial charge is 0.284 e. The Hall–Kier alpha value is -2.58. The third-order valence-electron chi connectivity index (χ3n) is 2.92. The van der Waals surface area contributed by atoms with E-state index in [0.717, 1.165) is 0 Å². The van der Waals surface area contributed by atoms with Crippen LogP contribution in [0.25, 0.3) is 0 Å². The monoisotopic (exact) mass is 377 g/mol. The van der Waals surface area contributed by atoms with Gasteiger partial charge >= 0.3 is 0 Å². The maximum Gasteiger partial charge on any atom is 0.284 e. The summed E-state index contributed by atoms with van der Waals surface area (Å²) in [5.74, 6) is -0.695. The van der Waals surface area contributed by atoms with E-state index in [1.165, 1.54) is 18.3 Å². The van der Waals surface area contributed by atoms with Crippen LogP contribution in [0.15, 0.2) is 58.1 Å². The molecule has 118 valence electrons. The highest BCUT2D eigenvalue weighted by atomic mass is 79.9. The Kier molecular flexibility index (Phi) is 5.56. The van der Waals surface area contributed by atoms with Gasteiger partial charge in [0.1, 0.15) is 0 Å². The fourth-order valence-corrected chi connectivity index (χ4v) is 2.16. The molecule has 0 aliphatic rings. The fraction of sp³-hybridized carbons (Fsp3) is 0.0667. The molecule has 2 aromatic carbocycles.